The van der Waals surface area contributed by atoms with Crippen LogP contribution >= 0.6 is 0 Å². The summed E-state index contributed by atoms with van der Waals surface area (Å²) in [5.41, 5.74) is 0.689. The SMILES string of the molecule is COc1ccc(CO)cc1OCC(O)CO. The predicted molar refractivity (Wildman–Crippen MR) is 57.5 cm³/mol. The molecule has 3 N–H and O–H groups in total. The smallest absolute Gasteiger partial charge is 0.161 e. The fraction of sp³-hybridized carbons (Fsp3) is 0.455. The number of aliphatic hydroxyl groups is 3. The molecular weight excluding hydrogens is 212 g/mol. The van der Waals surface area contributed by atoms with E-state index in [1.807, 2.05) is 0 Å². The second kappa shape index (κ2) is 6.32. The number of rotatable bonds is 6. The van der Waals surface area contributed by atoms with E-state index in [9.17, 15) is 0 Å². The molecule has 0 saturated carbocycles. The van der Waals surface area contributed by atoms with E-state index in [1.165, 1.54) is 7.11 Å². The van der Waals surface area contributed by atoms with E-state index in [1.54, 1.807) is 18.2 Å². The maximum atomic E-state index is 9.14. The third-order valence-electron chi connectivity index (χ3n) is 2.05. The zero-order valence-corrected chi connectivity index (χ0v) is 9.09. The van der Waals surface area contributed by atoms with Crippen molar-refractivity contribution in [3.63, 3.8) is 0 Å². The van der Waals surface area contributed by atoms with Crippen molar-refractivity contribution in [2.24, 2.45) is 0 Å². The Morgan fingerprint density at radius 3 is 2.56 bits per heavy atom. The maximum Gasteiger partial charge on any atom is 0.161 e. The number of aliphatic hydroxyl groups excluding tert-OH is 3. The van der Waals surface area contributed by atoms with Crippen LogP contribution < -0.4 is 9.47 Å². The second-order valence-corrected chi connectivity index (χ2v) is 3.29. The molecule has 0 spiro atoms. The van der Waals surface area contributed by atoms with Crippen LogP contribution in [0.2, 0.25) is 0 Å². The van der Waals surface area contributed by atoms with Gasteiger partial charge in [-0.3, -0.25) is 0 Å². The van der Waals surface area contributed by atoms with E-state index in [0.717, 1.165) is 0 Å². The van der Waals surface area contributed by atoms with E-state index in [2.05, 4.69) is 0 Å². The molecule has 1 rings (SSSR count). The van der Waals surface area contributed by atoms with Crippen LogP contribution in [0, 0.1) is 0 Å². The topological polar surface area (TPSA) is 79.2 Å². The summed E-state index contributed by atoms with van der Waals surface area (Å²) in [5, 5.41) is 26.7. The third kappa shape index (κ3) is 3.37. The van der Waals surface area contributed by atoms with Crippen LogP contribution in [0.5, 0.6) is 11.5 Å². The zero-order chi connectivity index (χ0) is 12.0. The first-order valence-corrected chi connectivity index (χ1v) is 4.90. The summed E-state index contributed by atoms with van der Waals surface area (Å²) in [5.74, 6) is 0.948. The Morgan fingerprint density at radius 2 is 2.00 bits per heavy atom. The molecule has 0 heterocycles. The molecule has 0 aromatic heterocycles. The molecule has 0 bridgehead atoms. The first kappa shape index (κ1) is 12.8. The highest BCUT2D eigenvalue weighted by Crippen LogP contribution is 2.28. The second-order valence-electron chi connectivity index (χ2n) is 3.29. The molecule has 1 unspecified atom stereocenters. The van der Waals surface area contributed by atoms with Crippen LogP contribution in [0.15, 0.2) is 18.2 Å². The van der Waals surface area contributed by atoms with Gasteiger partial charge >= 0.3 is 0 Å². The van der Waals surface area contributed by atoms with Gasteiger partial charge in [0.2, 0.25) is 0 Å². The molecule has 1 aromatic carbocycles. The van der Waals surface area contributed by atoms with E-state index in [0.29, 0.717) is 17.1 Å². The molecule has 0 aliphatic heterocycles. The summed E-state index contributed by atoms with van der Waals surface area (Å²) >= 11 is 0. The summed E-state index contributed by atoms with van der Waals surface area (Å²) < 4.78 is 10.3. The van der Waals surface area contributed by atoms with Gasteiger partial charge in [0, 0.05) is 0 Å². The average molecular weight is 228 g/mol. The fourth-order valence-electron chi connectivity index (χ4n) is 1.17. The highest BCUT2D eigenvalue weighted by molar-refractivity contribution is 5.42. The van der Waals surface area contributed by atoms with E-state index in [4.69, 9.17) is 24.8 Å². The van der Waals surface area contributed by atoms with E-state index < -0.39 is 6.10 Å². The summed E-state index contributed by atoms with van der Waals surface area (Å²) in [4.78, 5) is 0. The Kier molecular flexibility index (Phi) is 5.04. The first-order chi connectivity index (χ1) is 7.71. The van der Waals surface area contributed by atoms with E-state index >= 15 is 0 Å². The van der Waals surface area contributed by atoms with Crippen molar-refractivity contribution >= 4 is 0 Å². The lowest BCUT2D eigenvalue weighted by atomic mass is 10.2. The zero-order valence-electron chi connectivity index (χ0n) is 9.09. The molecule has 90 valence electrons. The lowest BCUT2D eigenvalue weighted by molar-refractivity contribution is 0.0526. The van der Waals surface area contributed by atoms with Gasteiger partial charge in [0.1, 0.15) is 12.7 Å². The predicted octanol–water partition coefficient (Wildman–Crippen LogP) is -0.0805. The van der Waals surface area contributed by atoms with Crippen molar-refractivity contribution in [3.8, 4) is 11.5 Å². The van der Waals surface area contributed by atoms with Crippen molar-refractivity contribution in [2.75, 3.05) is 20.3 Å². The minimum absolute atomic E-state index is 0.0260. The molecule has 5 heteroatoms. The van der Waals surface area contributed by atoms with Crippen molar-refractivity contribution in [1.82, 2.24) is 0 Å². The van der Waals surface area contributed by atoms with Crippen LogP contribution in [-0.4, -0.2) is 41.7 Å². The Hall–Kier alpha value is -1.30. The number of hydrogen-bond donors (Lipinski definition) is 3. The van der Waals surface area contributed by atoms with Gasteiger partial charge in [-0.05, 0) is 17.7 Å². The summed E-state index contributed by atoms with van der Waals surface area (Å²) in [6, 6.07) is 5.02. The van der Waals surface area contributed by atoms with Crippen molar-refractivity contribution in [3.05, 3.63) is 23.8 Å². The number of methoxy groups -OCH3 is 1. The minimum atomic E-state index is -0.928. The molecule has 5 nitrogen and oxygen atoms in total. The van der Waals surface area contributed by atoms with Gasteiger partial charge in [-0.2, -0.15) is 0 Å². The van der Waals surface area contributed by atoms with Crippen molar-refractivity contribution < 1.29 is 24.8 Å². The number of hydrogen-bond acceptors (Lipinski definition) is 5. The molecule has 1 atom stereocenters. The number of ether oxygens (including phenoxy) is 2. The largest absolute Gasteiger partial charge is 0.493 e. The average Bonchev–Trinajstić information content (AvgIpc) is 2.35. The monoisotopic (exact) mass is 228 g/mol. The van der Waals surface area contributed by atoms with Crippen LogP contribution in [-0.2, 0) is 6.61 Å². The Balaban J connectivity index is 2.75. The molecular formula is C11H16O5. The molecule has 0 saturated heterocycles. The number of benzene rings is 1. The molecule has 0 radical (unpaired) electrons. The van der Waals surface area contributed by atoms with Crippen LogP contribution in [0.3, 0.4) is 0 Å². The molecule has 1 aromatic rings. The Labute approximate surface area is 93.9 Å². The Bertz CT molecular complexity index is 326. The quantitative estimate of drug-likeness (QED) is 0.634. The Morgan fingerprint density at radius 1 is 1.25 bits per heavy atom. The van der Waals surface area contributed by atoms with Crippen LogP contribution in [0.1, 0.15) is 5.56 Å². The highest BCUT2D eigenvalue weighted by atomic mass is 16.5. The van der Waals surface area contributed by atoms with Crippen LogP contribution in [0.4, 0.5) is 0 Å². The maximum absolute atomic E-state index is 9.14. The standard InChI is InChI=1S/C11H16O5/c1-15-10-3-2-8(5-12)4-11(10)16-7-9(14)6-13/h2-4,9,12-14H,5-7H2,1H3. The molecule has 16 heavy (non-hydrogen) atoms. The normalized spacial score (nSPS) is 12.2. The molecule has 0 aliphatic carbocycles. The third-order valence-corrected chi connectivity index (χ3v) is 2.05. The summed E-state index contributed by atoms with van der Waals surface area (Å²) in [7, 11) is 1.50. The van der Waals surface area contributed by atoms with Crippen molar-refractivity contribution in [1.29, 1.82) is 0 Å². The highest BCUT2D eigenvalue weighted by Gasteiger charge is 2.08. The van der Waals surface area contributed by atoms with Gasteiger partial charge < -0.3 is 24.8 Å². The summed E-state index contributed by atoms with van der Waals surface area (Å²) in [6.07, 6.45) is -0.928. The first-order valence-electron chi connectivity index (χ1n) is 4.90. The van der Waals surface area contributed by atoms with Gasteiger partial charge in [0.05, 0.1) is 20.3 Å². The summed E-state index contributed by atoms with van der Waals surface area (Å²) in [6.45, 7) is -0.480. The lowest BCUT2D eigenvalue weighted by Gasteiger charge is -2.13. The van der Waals surface area contributed by atoms with Gasteiger partial charge in [0.25, 0.3) is 0 Å². The van der Waals surface area contributed by atoms with Gasteiger partial charge in [-0.25, -0.2) is 0 Å². The molecule has 0 aliphatic rings. The van der Waals surface area contributed by atoms with Crippen molar-refractivity contribution in [2.45, 2.75) is 12.7 Å². The molecule has 0 amide bonds. The van der Waals surface area contributed by atoms with Gasteiger partial charge in [-0.15, -0.1) is 0 Å². The lowest BCUT2D eigenvalue weighted by Crippen LogP contribution is -2.21. The minimum Gasteiger partial charge on any atom is -0.493 e. The van der Waals surface area contributed by atoms with Crippen LogP contribution in [0.25, 0.3) is 0 Å². The molecule has 0 fully saturated rings. The fourth-order valence-corrected chi connectivity index (χ4v) is 1.17. The van der Waals surface area contributed by atoms with E-state index in [-0.39, 0.29) is 19.8 Å². The van der Waals surface area contributed by atoms with Gasteiger partial charge in [-0.1, -0.05) is 6.07 Å². The van der Waals surface area contributed by atoms with Gasteiger partial charge in [0.15, 0.2) is 11.5 Å².